The molecule has 7 aromatic rings. The molecule has 5 aliphatic carbocycles. The average molecular weight is 732 g/mol. The maximum Gasteiger partial charge on any atom is 0.0554 e. The van der Waals surface area contributed by atoms with Crippen molar-refractivity contribution in [3.63, 3.8) is 0 Å². The van der Waals surface area contributed by atoms with Gasteiger partial charge in [-0.2, -0.15) is 0 Å². The van der Waals surface area contributed by atoms with Crippen molar-refractivity contribution in [3.05, 3.63) is 150 Å². The van der Waals surface area contributed by atoms with Crippen LogP contribution in [0, 0.1) is 17.8 Å². The molecule has 1 nitrogen and oxygen atoms in total. The summed E-state index contributed by atoms with van der Waals surface area (Å²) in [7, 11) is 0. The van der Waals surface area contributed by atoms with Crippen molar-refractivity contribution in [2.45, 2.75) is 88.4 Å². The van der Waals surface area contributed by atoms with Crippen molar-refractivity contribution in [1.82, 2.24) is 0 Å². The minimum Gasteiger partial charge on any atom is -0.310 e. The summed E-state index contributed by atoms with van der Waals surface area (Å²) in [5.74, 6) is 2.32. The van der Waals surface area contributed by atoms with E-state index in [0.717, 1.165) is 17.8 Å². The first kappa shape index (κ1) is 32.6. The fourth-order valence-corrected chi connectivity index (χ4v) is 14.4. The van der Waals surface area contributed by atoms with E-state index in [0.29, 0.717) is 0 Å². The highest BCUT2D eigenvalue weighted by atomic mass is 32.1. The van der Waals surface area contributed by atoms with Gasteiger partial charge in [-0.3, -0.25) is 0 Å². The molecule has 5 aliphatic rings. The standard InChI is InChI=1S/C53H49NS/c1-2-34-30-35-14-12-15-36(31-34)53(35)45-20-8-5-17-40(45)43-32-37(25-27-46(43)53)54(48-21-13-23-50-51(48)42-18-6-9-22-49(42)55-50)38-24-26-41-39-16-4-7-19-44(39)52(47(41)33-38)28-10-3-11-29-52/h4-9,13,16-27,32-36H,2-3,10-12,14-15,28-31H2,1H3. The second-order valence-corrected chi connectivity index (χ2v) is 18.8. The Labute approximate surface area is 330 Å². The van der Waals surface area contributed by atoms with Gasteiger partial charge in [0.05, 0.1) is 5.69 Å². The van der Waals surface area contributed by atoms with Gasteiger partial charge in [-0.1, -0.05) is 124 Å². The molecule has 0 N–H and O–H groups in total. The molecule has 272 valence electrons. The van der Waals surface area contributed by atoms with Gasteiger partial charge < -0.3 is 4.90 Å². The summed E-state index contributed by atoms with van der Waals surface area (Å²) >= 11 is 1.92. The van der Waals surface area contributed by atoms with Crippen molar-refractivity contribution in [2.24, 2.45) is 17.8 Å². The minimum atomic E-state index is 0.102. The lowest BCUT2D eigenvalue weighted by Gasteiger charge is -2.55. The number of anilines is 3. The molecular formula is C53H49NS. The lowest BCUT2D eigenvalue weighted by molar-refractivity contribution is 0.0492. The highest BCUT2D eigenvalue weighted by molar-refractivity contribution is 7.26. The first-order valence-corrected chi connectivity index (χ1v) is 22.2. The van der Waals surface area contributed by atoms with Gasteiger partial charge in [-0.25, -0.2) is 0 Å². The predicted molar refractivity (Wildman–Crippen MR) is 233 cm³/mol. The van der Waals surface area contributed by atoms with Gasteiger partial charge >= 0.3 is 0 Å². The summed E-state index contributed by atoms with van der Waals surface area (Å²) in [6, 6.07) is 50.2. The van der Waals surface area contributed by atoms with Crippen LogP contribution in [0.3, 0.4) is 0 Å². The molecular weight excluding hydrogens is 683 g/mol. The van der Waals surface area contributed by atoms with Crippen molar-refractivity contribution in [2.75, 3.05) is 4.90 Å². The zero-order valence-corrected chi connectivity index (χ0v) is 32.8. The van der Waals surface area contributed by atoms with Crippen molar-refractivity contribution in [1.29, 1.82) is 0 Å². The Morgan fingerprint density at radius 1 is 0.564 bits per heavy atom. The maximum atomic E-state index is 2.64. The van der Waals surface area contributed by atoms with Crippen LogP contribution < -0.4 is 4.90 Å². The van der Waals surface area contributed by atoms with Crippen LogP contribution in [0.4, 0.5) is 17.1 Å². The molecule has 2 spiro atoms. The highest BCUT2D eigenvalue weighted by Gasteiger charge is 2.57. The van der Waals surface area contributed by atoms with Gasteiger partial charge in [0.2, 0.25) is 0 Å². The van der Waals surface area contributed by atoms with Crippen molar-refractivity contribution < 1.29 is 0 Å². The van der Waals surface area contributed by atoms with E-state index in [-0.39, 0.29) is 10.8 Å². The fourth-order valence-electron chi connectivity index (χ4n) is 13.2. The Morgan fingerprint density at radius 2 is 1.22 bits per heavy atom. The second kappa shape index (κ2) is 12.2. The van der Waals surface area contributed by atoms with Crippen LogP contribution in [0.5, 0.6) is 0 Å². The van der Waals surface area contributed by atoms with Crippen LogP contribution in [0.2, 0.25) is 0 Å². The monoisotopic (exact) mass is 731 g/mol. The fraction of sp³-hybridized carbons (Fsp3) is 0.321. The molecule has 0 aliphatic heterocycles. The third kappa shape index (κ3) is 4.41. The summed E-state index contributed by atoms with van der Waals surface area (Å²) in [5, 5.41) is 2.72. The molecule has 6 aromatic carbocycles. The first-order valence-electron chi connectivity index (χ1n) is 21.4. The summed E-state index contributed by atoms with van der Waals surface area (Å²) in [5.41, 5.74) is 16.3. The van der Waals surface area contributed by atoms with E-state index in [1.165, 1.54) is 130 Å². The van der Waals surface area contributed by atoms with E-state index < -0.39 is 0 Å². The van der Waals surface area contributed by atoms with Gasteiger partial charge in [0.15, 0.2) is 0 Å². The Hall–Kier alpha value is -4.66. The van der Waals surface area contributed by atoms with Crippen LogP contribution >= 0.6 is 11.3 Å². The molecule has 2 atom stereocenters. The molecule has 2 bridgehead atoms. The Morgan fingerprint density at radius 3 is 2.04 bits per heavy atom. The van der Waals surface area contributed by atoms with Crippen LogP contribution in [0.15, 0.2) is 127 Å². The molecule has 3 saturated carbocycles. The molecule has 2 unspecified atom stereocenters. The molecule has 1 heterocycles. The molecule has 1 aromatic heterocycles. The van der Waals surface area contributed by atoms with E-state index in [4.69, 9.17) is 0 Å². The Balaban J connectivity index is 1.10. The number of nitrogens with zero attached hydrogens (tertiary/aromatic N) is 1. The van der Waals surface area contributed by atoms with Gasteiger partial charge in [0, 0.05) is 42.4 Å². The molecule has 0 amide bonds. The molecule has 2 heteroatoms. The van der Waals surface area contributed by atoms with Gasteiger partial charge in [0.25, 0.3) is 0 Å². The average Bonchev–Trinajstić information content (AvgIpc) is 3.84. The van der Waals surface area contributed by atoms with Crippen LogP contribution in [0.25, 0.3) is 42.4 Å². The highest BCUT2D eigenvalue weighted by Crippen LogP contribution is 2.66. The molecule has 12 rings (SSSR count). The third-order valence-electron chi connectivity index (χ3n) is 15.4. The normalized spacial score (nSPS) is 24.2. The molecule has 0 radical (unpaired) electrons. The van der Waals surface area contributed by atoms with Crippen LogP contribution in [-0.4, -0.2) is 0 Å². The SMILES string of the molecule is CCC1CC2CCCC(C1)C21c2ccccc2-c2cc(N(c3ccc4c(c3)C3(CCCCC3)c3ccccc3-4)c3cccc4sc5ccccc5c34)ccc21. The number of rotatable bonds is 4. The minimum absolute atomic E-state index is 0.102. The molecule has 55 heavy (non-hydrogen) atoms. The topological polar surface area (TPSA) is 3.24 Å². The number of benzene rings is 6. The number of thiophene rings is 1. The quantitative estimate of drug-likeness (QED) is 0.174. The summed E-state index contributed by atoms with van der Waals surface area (Å²) < 4.78 is 2.71. The van der Waals surface area contributed by atoms with E-state index in [2.05, 4.69) is 139 Å². The second-order valence-electron chi connectivity index (χ2n) is 17.7. The maximum absolute atomic E-state index is 2.64. The lowest BCUT2D eigenvalue weighted by Crippen LogP contribution is -2.49. The van der Waals surface area contributed by atoms with Crippen molar-refractivity contribution >= 4 is 48.6 Å². The molecule has 3 fully saturated rings. The number of hydrogen-bond donors (Lipinski definition) is 0. The van der Waals surface area contributed by atoms with Gasteiger partial charge in [-0.15, -0.1) is 11.3 Å². The van der Waals surface area contributed by atoms with Crippen LogP contribution in [-0.2, 0) is 10.8 Å². The van der Waals surface area contributed by atoms with Crippen molar-refractivity contribution in [3.8, 4) is 22.3 Å². The van der Waals surface area contributed by atoms with E-state index in [1.807, 2.05) is 11.3 Å². The first-order chi connectivity index (χ1) is 27.2. The number of hydrogen-bond acceptors (Lipinski definition) is 2. The largest absolute Gasteiger partial charge is 0.310 e. The summed E-state index contributed by atoms with van der Waals surface area (Å²) in [6.45, 7) is 2.43. The zero-order chi connectivity index (χ0) is 36.3. The van der Waals surface area contributed by atoms with E-state index in [9.17, 15) is 0 Å². The van der Waals surface area contributed by atoms with Gasteiger partial charge in [-0.05, 0) is 143 Å². The van der Waals surface area contributed by atoms with E-state index >= 15 is 0 Å². The van der Waals surface area contributed by atoms with Crippen LogP contribution in [0.1, 0.15) is 99.8 Å². The summed E-state index contributed by atoms with van der Waals surface area (Å²) in [6.07, 6.45) is 14.6. The lowest BCUT2D eigenvalue weighted by atomic mass is 9.49. The Kier molecular flexibility index (Phi) is 7.21. The smallest absolute Gasteiger partial charge is 0.0554 e. The Bertz CT molecular complexity index is 2640. The number of fused-ring (bicyclic) bond motifs is 11. The predicted octanol–water partition coefficient (Wildman–Crippen LogP) is 15.3. The zero-order valence-electron chi connectivity index (χ0n) is 32.0. The molecule has 0 saturated heterocycles. The van der Waals surface area contributed by atoms with Gasteiger partial charge in [0.1, 0.15) is 0 Å². The third-order valence-corrected chi connectivity index (χ3v) is 16.6. The summed E-state index contributed by atoms with van der Waals surface area (Å²) in [4.78, 5) is 2.64. The van der Waals surface area contributed by atoms with E-state index in [1.54, 1.807) is 22.3 Å².